The third-order valence-electron chi connectivity index (χ3n) is 5.70. The van der Waals surface area contributed by atoms with Crippen LogP contribution in [0.25, 0.3) is 11.5 Å². The molecule has 0 radical (unpaired) electrons. The van der Waals surface area contributed by atoms with E-state index in [1.165, 1.54) is 5.56 Å². The van der Waals surface area contributed by atoms with Gasteiger partial charge in [0.2, 0.25) is 11.8 Å². The molecule has 0 saturated carbocycles. The first-order valence-electron chi connectivity index (χ1n) is 11.2. The number of aromatic nitrogens is 1. The number of rotatable bonds is 7. The van der Waals surface area contributed by atoms with E-state index < -0.39 is 0 Å². The average molecular weight is 444 g/mol. The highest BCUT2D eigenvalue weighted by Gasteiger charge is 2.19. The Morgan fingerprint density at radius 1 is 1.18 bits per heavy atom. The highest BCUT2D eigenvalue weighted by atomic mass is 16.5. The van der Waals surface area contributed by atoms with Gasteiger partial charge in [0.15, 0.2) is 0 Å². The van der Waals surface area contributed by atoms with E-state index >= 15 is 0 Å². The number of benzene rings is 2. The Balaban J connectivity index is 1.36. The minimum Gasteiger partial charge on any atom is -0.493 e. The fraction of sp³-hybridized carbons (Fsp3) is 0.259. The molecule has 0 atom stereocenters. The Morgan fingerprint density at radius 3 is 2.79 bits per heavy atom. The molecule has 0 unspecified atom stereocenters. The Kier molecular flexibility index (Phi) is 6.93. The zero-order valence-electron chi connectivity index (χ0n) is 19.1. The molecule has 0 fully saturated rings. The third-order valence-corrected chi connectivity index (χ3v) is 5.70. The number of nitrogen functional groups attached to an aromatic ring is 1. The smallest absolute Gasteiger partial charge is 0.246 e. The van der Waals surface area contributed by atoms with Gasteiger partial charge in [-0.3, -0.25) is 4.79 Å². The van der Waals surface area contributed by atoms with Gasteiger partial charge in [-0.25, -0.2) is 4.98 Å². The van der Waals surface area contributed by atoms with Gasteiger partial charge in [0.05, 0.1) is 12.3 Å². The lowest BCUT2D eigenvalue weighted by Crippen LogP contribution is -2.34. The van der Waals surface area contributed by atoms with Crippen LogP contribution in [0.3, 0.4) is 0 Å². The van der Waals surface area contributed by atoms with Gasteiger partial charge < -0.3 is 19.8 Å². The Bertz CT molecular complexity index is 1180. The summed E-state index contributed by atoms with van der Waals surface area (Å²) < 4.78 is 11.8. The fourth-order valence-corrected chi connectivity index (χ4v) is 3.84. The molecule has 0 bridgehead atoms. The Morgan fingerprint density at radius 2 is 2.00 bits per heavy atom. The standard InChI is InChI=1S/C27H29N3O3/c1-3-4-5-6-26(31)30-15-13-20-9-12-24(17-22(20)18-30)32-16-14-25-19(2)33-27(29-25)21-7-10-23(28)11-8-21/h3-12,17H,13-16,18,28H2,1-2H3. The molecule has 1 aromatic heterocycles. The van der Waals surface area contributed by atoms with E-state index in [0.717, 1.165) is 41.3 Å². The van der Waals surface area contributed by atoms with Crippen LogP contribution >= 0.6 is 0 Å². The summed E-state index contributed by atoms with van der Waals surface area (Å²) in [5.74, 6) is 2.21. The minimum atomic E-state index is 0.0310. The van der Waals surface area contributed by atoms with Crippen molar-refractivity contribution in [1.29, 1.82) is 0 Å². The number of carbonyl (C=O) groups is 1. The summed E-state index contributed by atoms with van der Waals surface area (Å²) >= 11 is 0. The van der Waals surface area contributed by atoms with Crippen LogP contribution in [0, 0.1) is 6.92 Å². The number of aryl methyl sites for hydroxylation is 1. The first kappa shape index (κ1) is 22.4. The summed E-state index contributed by atoms with van der Waals surface area (Å²) in [6.07, 6.45) is 8.65. The van der Waals surface area contributed by atoms with Crippen molar-refractivity contribution < 1.29 is 13.9 Å². The summed E-state index contributed by atoms with van der Waals surface area (Å²) in [5.41, 5.74) is 10.6. The summed E-state index contributed by atoms with van der Waals surface area (Å²) in [6.45, 7) is 5.66. The molecule has 2 N–H and O–H groups in total. The molecule has 0 aliphatic carbocycles. The molecular weight excluding hydrogens is 414 g/mol. The molecule has 6 heteroatoms. The quantitative estimate of drug-likeness (QED) is 0.320. The molecule has 1 aliphatic heterocycles. The number of anilines is 1. The van der Waals surface area contributed by atoms with Gasteiger partial charge in [0.1, 0.15) is 11.5 Å². The van der Waals surface area contributed by atoms with Crippen LogP contribution in [-0.4, -0.2) is 28.9 Å². The van der Waals surface area contributed by atoms with Gasteiger partial charge in [-0.2, -0.15) is 0 Å². The number of allylic oxidation sites excluding steroid dienone is 3. The molecule has 2 aromatic carbocycles. The predicted molar refractivity (Wildman–Crippen MR) is 130 cm³/mol. The van der Waals surface area contributed by atoms with E-state index in [1.807, 2.05) is 67.3 Å². The van der Waals surface area contributed by atoms with Gasteiger partial charge in [-0.15, -0.1) is 0 Å². The maximum absolute atomic E-state index is 12.4. The fourth-order valence-electron chi connectivity index (χ4n) is 3.84. The zero-order valence-corrected chi connectivity index (χ0v) is 19.1. The number of oxazole rings is 1. The van der Waals surface area contributed by atoms with Crippen LogP contribution in [0.1, 0.15) is 29.5 Å². The van der Waals surface area contributed by atoms with Crippen molar-refractivity contribution in [2.75, 3.05) is 18.9 Å². The van der Waals surface area contributed by atoms with Crippen molar-refractivity contribution in [3.63, 3.8) is 0 Å². The van der Waals surface area contributed by atoms with Crippen LogP contribution in [0.15, 0.2) is 71.2 Å². The maximum Gasteiger partial charge on any atom is 0.246 e. The van der Waals surface area contributed by atoms with Gasteiger partial charge in [0, 0.05) is 36.8 Å². The number of fused-ring (bicyclic) bond motifs is 1. The molecule has 3 aromatic rings. The molecule has 1 aliphatic rings. The van der Waals surface area contributed by atoms with E-state index in [9.17, 15) is 4.79 Å². The van der Waals surface area contributed by atoms with Crippen molar-refractivity contribution in [2.45, 2.75) is 33.2 Å². The monoisotopic (exact) mass is 443 g/mol. The van der Waals surface area contributed by atoms with Crippen LogP contribution < -0.4 is 10.5 Å². The summed E-state index contributed by atoms with van der Waals surface area (Å²) in [6, 6.07) is 13.6. The first-order valence-corrected chi connectivity index (χ1v) is 11.2. The summed E-state index contributed by atoms with van der Waals surface area (Å²) in [5, 5.41) is 0. The van der Waals surface area contributed by atoms with Gasteiger partial charge >= 0.3 is 0 Å². The van der Waals surface area contributed by atoms with E-state index in [-0.39, 0.29) is 5.91 Å². The SMILES string of the molecule is CC=CC=CC(=O)N1CCc2ccc(OCCc3nc(-c4ccc(N)cc4)oc3C)cc2C1. The molecule has 4 rings (SSSR count). The van der Waals surface area contributed by atoms with Gasteiger partial charge in [0.25, 0.3) is 0 Å². The second kappa shape index (κ2) is 10.2. The number of nitrogens with two attached hydrogens (primary N) is 1. The molecule has 1 amide bonds. The Labute approximate surface area is 194 Å². The second-order valence-corrected chi connectivity index (χ2v) is 8.07. The summed E-state index contributed by atoms with van der Waals surface area (Å²) in [4.78, 5) is 18.9. The second-order valence-electron chi connectivity index (χ2n) is 8.07. The summed E-state index contributed by atoms with van der Waals surface area (Å²) in [7, 11) is 0. The third kappa shape index (κ3) is 5.52. The topological polar surface area (TPSA) is 81.6 Å². The lowest BCUT2D eigenvalue weighted by molar-refractivity contribution is -0.126. The molecule has 0 spiro atoms. The van der Waals surface area contributed by atoms with Crippen molar-refractivity contribution in [2.24, 2.45) is 0 Å². The zero-order chi connectivity index (χ0) is 23.2. The predicted octanol–water partition coefficient (Wildman–Crippen LogP) is 4.87. The number of hydrogen-bond donors (Lipinski definition) is 1. The van der Waals surface area contributed by atoms with Gasteiger partial charge in [-0.05, 0) is 67.8 Å². The van der Waals surface area contributed by atoms with Crippen LogP contribution in [0.2, 0.25) is 0 Å². The molecule has 170 valence electrons. The average Bonchev–Trinajstić information content (AvgIpc) is 3.19. The normalized spacial score (nSPS) is 13.6. The number of nitrogens with zero attached hydrogens (tertiary/aromatic N) is 2. The molecule has 33 heavy (non-hydrogen) atoms. The number of hydrogen-bond acceptors (Lipinski definition) is 5. The molecule has 6 nitrogen and oxygen atoms in total. The van der Waals surface area contributed by atoms with E-state index in [2.05, 4.69) is 11.1 Å². The molecule has 0 saturated heterocycles. The van der Waals surface area contributed by atoms with Crippen molar-refractivity contribution >= 4 is 11.6 Å². The first-order chi connectivity index (χ1) is 16.0. The lowest BCUT2D eigenvalue weighted by atomic mass is 9.99. The van der Waals surface area contributed by atoms with E-state index in [4.69, 9.17) is 14.9 Å². The Hall–Kier alpha value is -3.80. The van der Waals surface area contributed by atoms with Crippen LogP contribution in [0.5, 0.6) is 5.75 Å². The van der Waals surface area contributed by atoms with Crippen LogP contribution in [0.4, 0.5) is 5.69 Å². The van der Waals surface area contributed by atoms with Crippen molar-refractivity contribution in [1.82, 2.24) is 9.88 Å². The highest BCUT2D eigenvalue weighted by molar-refractivity contribution is 5.88. The molecular formula is C27H29N3O3. The number of ether oxygens (including phenoxy) is 1. The van der Waals surface area contributed by atoms with Crippen molar-refractivity contribution in [3.05, 3.63) is 89.3 Å². The highest BCUT2D eigenvalue weighted by Crippen LogP contribution is 2.25. The van der Waals surface area contributed by atoms with E-state index in [1.54, 1.807) is 12.2 Å². The van der Waals surface area contributed by atoms with Crippen molar-refractivity contribution in [3.8, 4) is 17.2 Å². The van der Waals surface area contributed by atoms with Gasteiger partial charge in [-0.1, -0.05) is 24.3 Å². The lowest BCUT2D eigenvalue weighted by Gasteiger charge is -2.28. The minimum absolute atomic E-state index is 0.0310. The van der Waals surface area contributed by atoms with Crippen LogP contribution in [-0.2, 0) is 24.2 Å². The molecule has 2 heterocycles. The van der Waals surface area contributed by atoms with E-state index in [0.29, 0.717) is 31.2 Å². The maximum atomic E-state index is 12.4. The number of carbonyl (C=O) groups excluding carboxylic acids is 1. The number of amides is 1. The largest absolute Gasteiger partial charge is 0.493 e.